The SMILES string of the molecule is CCCS(=O)(=O)OC(=O)COCCc1ccc(F)cc1. The molecule has 112 valence electrons. The van der Waals surface area contributed by atoms with E-state index in [9.17, 15) is 17.6 Å². The van der Waals surface area contributed by atoms with Crippen LogP contribution in [0.25, 0.3) is 0 Å². The van der Waals surface area contributed by atoms with Crippen molar-refractivity contribution in [3.05, 3.63) is 35.6 Å². The fraction of sp³-hybridized carbons (Fsp3) is 0.462. The number of benzene rings is 1. The van der Waals surface area contributed by atoms with Crippen LogP contribution in [-0.4, -0.2) is 33.4 Å². The van der Waals surface area contributed by atoms with Gasteiger partial charge in [-0.05, 0) is 30.5 Å². The van der Waals surface area contributed by atoms with E-state index in [1.54, 1.807) is 19.1 Å². The van der Waals surface area contributed by atoms with Gasteiger partial charge in [0.15, 0.2) is 0 Å². The number of hydrogen-bond donors (Lipinski definition) is 0. The molecule has 1 rings (SSSR count). The largest absolute Gasteiger partial charge is 0.369 e. The fourth-order valence-electron chi connectivity index (χ4n) is 1.45. The van der Waals surface area contributed by atoms with Gasteiger partial charge in [0, 0.05) is 0 Å². The Labute approximate surface area is 117 Å². The second-order valence-electron chi connectivity index (χ2n) is 4.15. The summed E-state index contributed by atoms with van der Waals surface area (Å²) in [6.07, 6.45) is 0.871. The third-order valence-corrected chi connectivity index (χ3v) is 3.69. The molecule has 0 aromatic heterocycles. The minimum atomic E-state index is -3.80. The maximum atomic E-state index is 12.7. The van der Waals surface area contributed by atoms with E-state index in [1.807, 2.05) is 0 Å². The van der Waals surface area contributed by atoms with Crippen molar-refractivity contribution in [2.45, 2.75) is 19.8 Å². The fourth-order valence-corrected chi connectivity index (χ4v) is 2.37. The van der Waals surface area contributed by atoms with Gasteiger partial charge >= 0.3 is 16.1 Å². The van der Waals surface area contributed by atoms with E-state index >= 15 is 0 Å². The zero-order valence-electron chi connectivity index (χ0n) is 11.2. The van der Waals surface area contributed by atoms with Crippen molar-refractivity contribution in [2.75, 3.05) is 19.0 Å². The lowest BCUT2D eigenvalue weighted by atomic mass is 10.2. The van der Waals surface area contributed by atoms with Crippen LogP contribution in [0.1, 0.15) is 18.9 Å². The molecule has 0 saturated carbocycles. The van der Waals surface area contributed by atoms with E-state index in [-0.39, 0.29) is 18.2 Å². The highest BCUT2D eigenvalue weighted by atomic mass is 32.2. The molecule has 7 heteroatoms. The Balaban J connectivity index is 2.24. The van der Waals surface area contributed by atoms with Gasteiger partial charge in [0.25, 0.3) is 0 Å². The summed E-state index contributed by atoms with van der Waals surface area (Å²) >= 11 is 0. The van der Waals surface area contributed by atoms with Crippen LogP contribution in [0, 0.1) is 5.82 Å². The van der Waals surface area contributed by atoms with Crippen LogP contribution in [0.4, 0.5) is 4.39 Å². The van der Waals surface area contributed by atoms with E-state index < -0.39 is 22.7 Å². The average Bonchev–Trinajstić information content (AvgIpc) is 2.36. The molecule has 0 aliphatic rings. The molecule has 0 aliphatic carbocycles. The maximum Gasteiger partial charge on any atom is 0.347 e. The van der Waals surface area contributed by atoms with Crippen LogP contribution < -0.4 is 0 Å². The van der Waals surface area contributed by atoms with Crippen molar-refractivity contribution in [1.29, 1.82) is 0 Å². The molecule has 0 radical (unpaired) electrons. The van der Waals surface area contributed by atoms with E-state index in [4.69, 9.17) is 4.74 Å². The third-order valence-electron chi connectivity index (χ3n) is 2.34. The molecule has 0 N–H and O–H groups in total. The molecule has 0 spiro atoms. The molecule has 0 heterocycles. The maximum absolute atomic E-state index is 12.7. The Bertz CT molecular complexity index is 524. The molecule has 0 aliphatic heterocycles. The predicted molar refractivity (Wildman–Crippen MR) is 71.1 cm³/mol. The standard InChI is InChI=1S/C13H17FO5S/c1-2-9-20(16,17)19-13(15)10-18-8-7-11-3-5-12(14)6-4-11/h3-6H,2,7-10H2,1H3. The van der Waals surface area contributed by atoms with Crippen molar-refractivity contribution in [2.24, 2.45) is 0 Å². The van der Waals surface area contributed by atoms with Crippen molar-refractivity contribution in [3.63, 3.8) is 0 Å². The molecular weight excluding hydrogens is 287 g/mol. The second kappa shape index (κ2) is 7.96. The highest BCUT2D eigenvalue weighted by molar-refractivity contribution is 7.87. The van der Waals surface area contributed by atoms with Gasteiger partial charge in [0.1, 0.15) is 12.4 Å². The van der Waals surface area contributed by atoms with Gasteiger partial charge in [0.2, 0.25) is 0 Å². The number of hydrogen-bond acceptors (Lipinski definition) is 5. The van der Waals surface area contributed by atoms with Gasteiger partial charge in [-0.15, -0.1) is 0 Å². The molecule has 1 aromatic carbocycles. The first kappa shape index (κ1) is 16.6. The van der Waals surface area contributed by atoms with E-state index in [0.29, 0.717) is 12.8 Å². The molecule has 0 unspecified atom stereocenters. The molecule has 1 aromatic rings. The summed E-state index contributed by atoms with van der Waals surface area (Å²) in [5.41, 5.74) is 0.860. The second-order valence-corrected chi connectivity index (χ2v) is 5.84. The number of ether oxygens (including phenoxy) is 1. The Hall–Kier alpha value is -1.47. The lowest BCUT2D eigenvalue weighted by molar-refractivity contribution is -0.138. The number of rotatable bonds is 8. The number of carbonyl (C=O) groups is 1. The molecule has 0 fully saturated rings. The first-order chi connectivity index (χ1) is 9.43. The van der Waals surface area contributed by atoms with Crippen LogP contribution >= 0.6 is 0 Å². The number of carbonyl (C=O) groups excluding carboxylic acids is 1. The van der Waals surface area contributed by atoms with E-state index in [2.05, 4.69) is 4.18 Å². The summed E-state index contributed by atoms with van der Waals surface area (Å²) in [7, 11) is -3.80. The molecule has 20 heavy (non-hydrogen) atoms. The smallest absolute Gasteiger partial charge is 0.347 e. The van der Waals surface area contributed by atoms with E-state index in [1.165, 1.54) is 12.1 Å². The first-order valence-electron chi connectivity index (χ1n) is 6.20. The molecule has 0 saturated heterocycles. The highest BCUT2D eigenvalue weighted by Gasteiger charge is 2.15. The van der Waals surface area contributed by atoms with Crippen LogP contribution in [0.5, 0.6) is 0 Å². The molecule has 5 nitrogen and oxygen atoms in total. The molecule has 0 amide bonds. The quantitative estimate of drug-likeness (QED) is 0.540. The zero-order chi connectivity index (χ0) is 15.0. The minimum Gasteiger partial charge on any atom is -0.369 e. The van der Waals surface area contributed by atoms with Crippen LogP contribution in [0.2, 0.25) is 0 Å². The zero-order valence-corrected chi connectivity index (χ0v) is 12.0. The Morgan fingerprint density at radius 3 is 2.50 bits per heavy atom. The normalized spacial score (nSPS) is 11.3. The summed E-state index contributed by atoms with van der Waals surface area (Å²) in [5, 5.41) is 0. The Morgan fingerprint density at radius 1 is 1.25 bits per heavy atom. The van der Waals surface area contributed by atoms with Gasteiger partial charge in [-0.1, -0.05) is 19.1 Å². The van der Waals surface area contributed by atoms with Crippen molar-refractivity contribution < 1.29 is 26.5 Å². The van der Waals surface area contributed by atoms with Gasteiger partial charge in [-0.3, -0.25) is 0 Å². The highest BCUT2D eigenvalue weighted by Crippen LogP contribution is 2.04. The van der Waals surface area contributed by atoms with Crippen molar-refractivity contribution >= 4 is 16.1 Å². The third kappa shape index (κ3) is 6.63. The monoisotopic (exact) mass is 304 g/mol. The van der Waals surface area contributed by atoms with Crippen molar-refractivity contribution in [1.82, 2.24) is 0 Å². The Morgan fingerprint density at radius 2 is 1.90 bits per heavy atom. The average molecular weight is 304 g/mol. The van der Waals surface area contributed by atoms with Crippen LogP contribution in [-0.2, 0) is 30.3 Å². The lowest BCUT2D eigenvalue weighted by Crippen LogP contribution is -2.20. The predicted octanol–water partition coefficient (Wildman–Crippen LogP) is 1.67. The van der Waals surface area contributed by atoms with Crippen LogP contribution in [0.3, 0.4) is 0 Å². The number of halogens is 1. The van der Waals surface area contributed by atoms with Gasteiger partial charge in [-0.25, -0.2) is 9.18 Å². The van der Waals surface area contributed by atoms with Gasteiger partial charge in [0.05, 0.1) is 12.4 Å². The Kier molecular flexibility index (Phi) is 6.60. The van der Waals surface area contributed by atoms with Gasteiger partial charge < -0.3 is 8.92 Å². The first-order valence-corrected chi connectivity index (χ1v) is 7.78. The molecule has 0 bridgehead atoms. The topological polar surface area (TPSA) is 69.7 Å². The summed E-state index contributed by atoms with van der Waals surface area (Å²) < 4.78 is 44.4. The molecular formula is C13H17FO5S. The van der Waals surface area contributed by atoms with E-state index in [0.717, 1.165) is 5.56 Å². The van der Waals surface area contributed by atoms with Crippen molar-refractivity contribution in [3.8, 4) is 0 Å². The van der Waals surface area contributed by atoms with Crippen LogP contribution in [0.15, 0.2) is 24.3 Å². The van der Waals surface area contributed by atoms with Gasteiger partial charge in [-0.2, -0.15) is 8.42 Å². The summed E-state index contributed by atoms with van der Waals surface area (Å²) in [6.45, 7) is 1.46. The summed E-state index contributed by atoms with van der Waals surface area (Å²) in [6, 6.07) is 5.90. The lowest BCUT2D eigenvalue weighted by Gasteiger charge is -2.05. The summed E-state index contributed by atoms with van der Waals surface area (Å²) in [4.78, 5) is 11.2. The minimum absolute atomic E-state index is 0.200. The molecule has 0 atom stereocenters. The summed E-state index contributed by atoms with van der Waals surface area (Å²) in [5.74, 6) is -1.45.